The summed E-state index contributed by atoms with van der Waals surface area (Å²) in [5, 5.41) is 11.2. The molecule has 126 valence electrons. The Morgan fingerprint density at radius 3 is 2.91 bits per heavy atom. The molecular weight excluding hydrogens is 395 g/mol. The van der Waals surface area contributed by atoms with E-state index in [9.17, 15) is 0 Å². The molecule has 1 aliphatic carbocycles. The van der Waals surface area contributed by atoms with Crippen LogP contribution >= 0.6 is 24.0 Å². The number of hydrogen-bond acceptors (Lipinski definition) is 4. The van der Waals surface area contributed by atoms with Crippen molar-refractivity contribution in [2.45, 2.75) is 26.3 Å². The summed E-state index contributed by atoms with van der Waals surface area (Å²) in [5.74, 6) is 2.53. The van der Waals surface area contributed by atoms with Crippen molar-refractivity contribution in [3.05, 3.63) is 12.2 Å². The number of aryl methyl sites for hydroxylation is 1. The summed E-state index contributed by atoms with van der Waals surface area (Å²) in [6, 6.07) is 0. The number of rotatable bonds is 8. The first-order valence-electron chi connectivity index (χ1n) is 7.60. The van der Waals surface area contributed by atoms with Gasteiger partial charge in [-0.1, -0.05) is 0 Å². The van der Waals surface area contributed by atoms with Gasteiger partial charge < -0.3 is 19.5 Å². The maximum Gasteiger partial charge on any atom is 0.194 e. The zero-order valence-corrected chi connectivity index (χ0v) is 16.0. The first-order chi connectivity index (χ1) is 10.2. The van der Waals surface area contributed by atoms with Gasteiger partial charge in [0, 0.05) is 33.8 Å². The lowest BCUT2D eigenvalue weighted by atomic mass is 10.5. The Balaban J connectivity index is 0.00000242. The van der Waals surface area contributed by atoms with Crippen LogP contribution in [0.25, 0.3) is 0 Å². The Kier molecular flexibility index (Phi) is 8.69. The Morgan fingerprint density at radius 2 is 2.32 bits per heavy atom. The molecule has 7 nitrogen and oxygen atoms in total. The highest BCUT2D eigenvalue weighted by molar-refractivity contribution is 14.0. The molecule has 0 radical (unpaired) electrons. The number of nitrogens with one attached hydrogen (secondary N) is 1. The van der Waals surface area contributed by atoms with Gasteiger partial charge in [0.25, 0.3) is 0 Å². The quantitative estimate of drug-likeness (QED) is 0.296. The SMILES string of the molecule is CCNC(=NCc1nncn1C)N(C)CCOCC1CC1.I. The number of ether oxygens (including phenoxy) is 1. The summed E-state index contributed by atoms with van der Waals surface area (Å²) < 4.78 is 7.56. The number of halogens is 1. The molecule has 1 fully saturated rings. The molecule has 1 N–H and O–H groups in total. The standard InChI is InChI=1S/C14H26N6O.HI/c1-4-15-14(16-9-13-18-17-11-20(13)3)19(2)7-8-21-10-12-5-6-12;/h11-12H,4-10H2,1-3H3,(H,15,16);1H. The zero-order chi connectivity index (χ0) is 15.1. The van der Waals surface area contributed by atoms with Crippen LogP contribution in [0.2, 0.25) is 0 Å². The molecule has 22 heavy (non-hydrogen) atoms. The number of aromatic nitrogens is 3. The van der Waals surface area contributed by atoms with Crippen molar-refractivity contribution >= 4 is 29.9 Å². The molecule has 0 spiro atoms. The minimum Gasteiger partial charge on any atom is -0.379 e. The molecular formula is C14H27IN6O. The number of nitrogens with zero attached hydrogens (tertiary/aromatic N) is 5. The van der Waals surface area contributed by atoms with Gasteiger partial charge in [0.2, 0.25) is 0 Å². The van der Waals surface area contributed by atoms with E-state index >= 15 is 0 Å². The van der Waals surface area contributed by atoms with Crippen LogP contribution in [0.1, 0.15) is 25.6 Å². The van der Waals surface area contributed by atoms with Gasteiger partial charge in [-0.25, -0.2) is 4.99 Å². The van der Waals surface area contributed by atoms with E-state index in [1.165, 1.54) is 12.8 Å². The molecule has 1 heterocycles. The fourth-order valence-electron chi connectivity index (χ4n) is 1.91. The van der Waals surface area contributed by atoms with Gasteiger partial charge in [0.05, 0.1) is 6.61 Å². The second kappa shape index (κ2) is 9.98. The normalized spacial score (nSPS) is 14.6. The van der Waals surface area contributed by atoms with E-state index in [0.29, 0.717) is 6.54 Å². The van der Waals surface area contributed by atoms with Crippen molar-refractivity contribution in [1.82, 2.24) is 25.0 Å². The van der Waals surface area contributed by atoms with E-state index in [-0.39, 0.29) is 24.0 Å². The molecule has 2 rings (SSSR count). The van der Waals surface area contributed by atoms with Crippen molar-refractivity contribution in [3.63, 3.8) is 0 Å². The van der Waals surface area contributed by atoms with E-state index < -0.39 is 0 Å². The van der Waals surface area contributed by atoms with Crippen LogP contribution in [0.3, 0.4) is 0 Å². The lowest BCUT2D eigenvalue weighted by Crippen LogP contribution is -2.40. The second-order valence-electron chi connectivity index (χ2n) is 5.47. The Bertz CT molecular complexity index is 460. The van der Waals surface area contributed by atoms with E-state index in [0.717, 1.165) is 44.0 Å². The molecule has 0 bridgehead atoms. The minimum atomic E-state index is 0. The third-order valence-corrected chi connectivity index (χ3v) is 3.49. The topological polar surface area (TPSA) is 67.6 Å². The van der Waals surface area contributed by atoms with E-state index in [1.54, 1.807) is 6.33 Å². The molecule has 0 aromatic carbocycles. The summed E-state index contributed by atoms with van der Waals surface area (Å²) >= 11 is 0. The maximum absolute atomic E-state index is 5.68. The number of guanidine groups is 1. The lowest BCUT2D eigenvalue weighted by Gasteiger charge is -2.21. The van der Waals surface area contributed by atoms with Crippen molar-refractivity contribution in [2.75, 3.05) is 33.4 Å². The van der Waals surface area contributed by atoms with Gasteiger partial charge in [-0.3, -0.25) is 0 Å². The third-order valence-electron chi connectivity index (χ3n) is 3.49. The van der Waals surface area contributed by atoms with Crippen LogP contribution in [-0.4, -0.2) is 59.0 Å². The van der Waals surface area contributed by atoms with Crippen LogP contribution in [0, 0.1) is 5.92 Å². The second-order valence-corrected chi connectivity index (χ2v) is 5.47. The van der Waals surface area contributed by atoms with Gasteiger partial charge >= 0.3 is 0 Å². The predicted molar refractivity (Wildman–Crippen MR) is 97.4 cm³/mol. The van der Waals surface area contributed by atoms with Crippen LogP contribution in [0.15, 0.2) is 11.3 Å². The highest BCUT2D eigenvalue weighted by Crippen LogP contribution is 2.28. The maximum atomic E-state index is 5.68. The molecule has 1 aliphatic rings. The van der Waals surface area contributed by atoms with Gasteiger partial charge in [-0.05, 0) is 25.7 Å². The third kappa shape index (κ3) is 6.47. The van der Waals surface area contributed by atoms with Gasteiger partial charge in [-0.15, -0.1) is 34.2 Å². The number of likely N-dealkylation sites (N-methyl/N-ethyl adjacent to an activating group) is 1. The molecule has 8 heteroatoms. The molecule has 1 saturated carbocycles. The Morgan fingerprint density at radius 1 is 1.55 bits per heavy atom. The van der Waals surface area contributed by atoms with Crippen molar-refractivity contribution < 1.29 is 4.74 Å². The fourth-order valence-corrected chi connectivity index (χ4v) is 1.91. The lowest BCUT2D eigenvalue weighted by molar-refractivity contribution is 0.115. The molecule has 0 aliphatic heterocycles. The average molecular weight is 422 g/mol. The number of aliphatic imine (C=N–C) groups is 1. The number of hydrogen-bond donors (Lipinski definition) is 1. The summed E-state index contributed by atoms with van der Waals surface area (Å²) in [7, 11) is 3.95. The van der Waals surface area contributed by atoms with E-state index in [2.05, 4.69) is 32.3 Å². The average Bonchev–Trinajstić information content (AvgIpc) is 3.21. The van der Waals surface area contributed by atoms with Crippen LogP contribution in [0.4, 0.5) is 0 Å². The molecule has 0 unspecified atom stereocenters. The minimum absolute atomic E-state index is 0. The summed E-state index contributed by atoms with van der Waals surface area (Å²) in [6.45, 7) is 5.89. The largest absolute Gasteiger partial charge is 0.379 e. The smallest absolute Gasteiger partial charge is 0.194 e. The fraction of sp³-hybridized carbons (Fsp3) is 0.786. The van der Waals surface area contributed by atoms with Crippen LogP contribution in [0.5, 0.6) is 0 Å². The summed E-state index contributed by atoms with van der Waals surface area (Å²) in [4.78, 5) is 6.69. The summed E-state index contributed by atoms with van der Waals surface area (Å²) in [5.41, 5.74) is 0. The van der Waals surface area contributed by atoms with Gasteiger partial charge in [-0.2, -0.15) is 0 Å². The predicted octanol–water partition coefficient (Wildman–Crippen LogP) is 1.26. The van der Waals surface area contributed by atoms with E-state index in [1.807, 2.05) is 18.7 Å². The van der Waals surface area contributed by atoms with Crippen molar-refractivity contribution in [1.29, 1.82) is 0 Å². The molecule has 0 atom stereocenters. The van der Waals surface area contributed by atoms with Crippen molar-refractivity contribution in [2.24, 2.45) is 18.0 Å². The van der Waals surface area contributed by atoms with Crippen molar-refractivity contribution in [3.8, 4) is 0 Å². The molecule has 0 saturated heterocycles. The van der Waals surface area contributed by atoms with Gasteiger partial charge in [0.1, 0.15) is 12.9 Å². The monoisotopic (exact) mass is 422 g/mol. The van der Waals surface area contributed by atoms with Gasteiger partial charge in [0.15, 0.2) is 11.8 Å². The summed E-state index contributed by atoms with van der Waals surface area (Å²) in [6.07, 6.45) is 4.35. The van der Waals surface area contributed by atoms with E-state index in [4.69, 9.17) is 4.74 Å². The van der Waals surface area contributed by atoms with Crippen LogP contribution in [-0.2, 0) is 18.3 Å². The molecule has 1 aromatic heterocycles. The highest BCUT2D eigenvalue weighted by atomic mass is 127. The highest BCUT2D eigenvalue weighted by Gasteiger charge is 2.21. The van der Waals surface area contributed by atoms with Crippen LogP contribution < -0.4 is 5.32 Å². The zero-order valence-electron chi connectivity index (χ0n) is 13.7. The molecule has 1 aromatic rings. The first kappa shape index (κ1) is 19.1. The Labute approximate surface area is 149 Å². The molecule has 0 amide bonds. The first-order valence-corrected chi connectivity index (χ1v) is 7.60. The Hall–Kier alpha value is -0.900.